The minimum Gasteiger partial charge on any atom is -0.464 e. The molecule has 0 aromatic carbocycles. The highest BCUT2D eigenvalue weighted by molar-refractivity contribution is 5.88. The number of halogens is 1. The number of esters is 1. The molecule has 1 aromatic heterocycles. The lowest BCUT2D eigenvalue weighted by Crippen LogP contribution is -2.07. The number of carbonyl (C=O) groups is 1. The van der Waals surface area contributed by atoms with E-state index in [9.17, 15) is 4.79 Å². The van der Waals surface area contributed by atoms with Crippen molar-refractivity contribution in [3.05, 3.63) is 17.8 Å². The molecule has 1 rings (SSSR count). The van der Waals surface area contributed by atoms with E-state index in [1.807, 2.05) is 0 Å². The molecule has 2 N–H and O–H groups in total. The Bertz CT molecular complexity index is 261. The lowest BCUT2D eigenvalue weighted by atomic mass is 10.3. The van der Waals surface area contributed by atoms with Crippen LogP contribution in [-0.2, 0) is 11.3 Å². The molecule has 1 aromatic rings. The van der Waals surface area contributed by atoms with Crippen LogP contribution in [0.15, 0.2) is 10.8 Å². The van der Waals surface area contributed by atoms with E-state index < -0.39 is 5.97 Å². The largest absolute Gasteiger partial charge is 0.464 e. The van der Waals surface area contributed by atoms with Crippen LogP contribution in [0.25, 0.3) is 0 Å². The third kappa shape index (κ3) is 1.96. The van der Waals surface area contributed by atoms with Crippen molar-refractivity contribution in [2.24, 2.45) is 5.73 Å². The summed E-state index contributed by atoms with van der Waals surface area (Å²) in [5, 5.41) is 0. The lowest BCUT2D eigenvalue weighted by Gasteiger charge is -1.94. The van der Waals surface area contributed by atoms with Gasteiger partial charge in [0, 0.05) is 0 Å². The Kier molecular flexibility index (Phi) is 4.31. The molecule has 0 atom stereocenters. The lowest BCUT2D eigenvalue weighted by molar-refractivity contribution is 0.0592. The minimum absolute atomic E-state index is 0. The highest BCUT2D eigenvalue weighted by atomic mass is 35.5. The topological polar surface area (TPSA) is 78.3 Å². The predicted octanol–water partition coefficient (Wildman–Crippen LogP) is 0.342. The first-order chi connectivity index (χ1) is 5.29. The molecule has 0 saturated carbocycles. The van der Waals surface area contributed by atoms with E-state index in [1.54, 1.807) is 0 Å². The van der Waals surface area contributed by atoms with E-state index in [1.165, 1.54) is 7.11 Å². The van der Waals surface area contributed by atoms with Crippen molar-refractivity contribution in [2.75, 3.05) is 7.11 Å². The van der Waals surface area contributed by atoms with E-state index >= 15 is 0 Å². The Balaban J connectivity index is 0.00000121. The number of nitrogens with zero attached hydrogens (tertiary/aromatic N) is 1. The molecule has 0 saturated heterocycles. The van der Waals surface area contributed by atoms with Gasteiger partial charge in [0.25, 0.3) is 0 Å². The third-order valence-corrected chi connectivity index (χ3v) is 1.21. The first-order valence-electron chi connectivity index (χ1n) is 3.00. The summed E-state index contributed by atoms with van der Waals surface area (Å²) in [5.74, 6) is -0.184. The summed E-state index contributed by atoms with van der Waals surface area (Å²) in [6, 6.07) is 0. The summed E-state index contributed by atoms with van der Waals surface area (Å²) >= 11 is 0. The Morgan fingerprint density at radius 2 is 2.50 bits per heavy atom. The third-order valence-electron chi connectivity index (χ3n) is 1.21. The van der Waals surface area contributed by atoms with Crippen LogP contribution in [0.1, 0.15) is 16.2 Å². The fraction of sp³-hybridized carbons (Fsp3) is 0.333. The van der Waals surface area contributed by atoms with E-state index in [0.717, 1.165) is 6.39 Å². The van der Waals surface area contributed by atoms with Crippen molar-refractivity contribution in [1.29, 1.82) is 0 Å². The Labute approximate surface area is 75.3 Å². The summed E-state index contributed by atoms with van der Waals surface area (Å²) in [7, 11) is 1.28. The average Bonchev–Trinajstić information content (AvgIpc) is 2.50. The Morgan fingerprint density at radius 1 is 1.83 bits per heavy atom. The summed E-state index contributed by atoms with van der Waals surface area (Å²) in [6.07, 6.45) is 1.16. The number of hydrogen-bond acceptors (Lipinski definition) is 5. The standard InChI is InChI=1S/C6H8N2O3.ClH/c1-10-6(9)5-4(2-7)11-3-8-5;/h3H,2,7H2,1H3;1H. The molecule has 0 unspecified atom stereocenters. The second-order valence-corrected chi connectivity index (χ2v) is 1.82. The maximum Gasteiger partial charge on any atom is 0.360 e. The first-order valence-corrected chi connectivity index (χ1v) is 3.00. The van der Waals surface area contributed by atoms with Crippen LogP contribution in [0.4, 0.5) is 0 Å². The van der Waals surface area contributed by atoms with Crippen LogP contribution in [0.2, 0.25) is 0 Å². The fourth-order valence-corrected chi connectivity index (χ4v) is 0.678. The van der Waals surface area contributed by atoms with Gasteiger partial charge in [-0.1, -0.05) is 0 Å². The number of hydrogen-bond donors (Lipinski definition) is 1. The average molecular weight is 193 g/mol. The van der Waals surface area contributed by atoms with Crippen molar-refractivity contribution < 1.29 is 13.9 Å². The van der Waals surface area contributed by atoms with Gasteiger partial charge in [-0.2, -0.15) is 0 Å². The number of ether oxygens (including phenoxy) is 1. The molecular formula is C6H9ClN2O3. The number of oxazole rings is 1. The second kappa shape index (κ2) is 4.74. The van der Waals surface area contributed by atoms with Crippen LogP contribution in [0.5, 0.6) is 0 Å². The zero-order chi connectivity index (χ0) is 8.27. The predicted molar refractivity (Wildman–Crippen MR) is 43.0 cm³/mol. The summed E-state index contributed by atoms with van der Waals surface area (Å²) < 4.78 is 9.22. The first kappa shape index (κ1) is 10.9. The highest BCUT2D eigenvalue weighted by Crippen LogP contribution is 2.05. The molecule has 12 heavy (non-hydrogen) atoms. The molecule has 68 valence electrons. The highest BCUT2D eigenvalue weighted by Gasteiger charge is 2.14. The van der Waals surface area contributed by atoms with Crippen LogP contribution in [0.3, 0.4) is 0 Å². The van der Waals surface area contributed by atoms with Gasteiger partial charge < -0.3 is 14.9 Å². The van der Waals surface area contributed by atoms with Crippen LogP contribution < -0.4 is 5.73 Å². The molecule has 0 aliphatic carbocycles. The van der Waals surface area contributed by atoms with E-state index in [-0.39, 0.29) is 24.6 Å². The molecule has 0 fully saturated rings. The number of aromatic nitrogens is 1. The minimum atomic E-state index is -0.529. The SMILES string of the molecule is COC(=O)c1ncoc1CN.Cl. The smallest absolute Gasteiger partial charge is 0.360 e. The maximum atomic E-state index is 10.9. The molecule has 0 amide bonds. The molecule has 0 aliphatic heterocycles. The quantitative estimate of drug-likeness (QED) is 0.684. The van der Waals surface area contributed by atoms with Gasteiger partial charge in [0.1, 0.15) is 0 Å². The van der Waals surface area contributed by atoms with Crippen LogP contribution >= 0.6 is 12.4 Å². The fourth-order valence-electron chi connectivity index (χ4n) is 0.678. The van der Waals surface area contributed by atoms with Crippen molar-refractivity contribution in [3.63, 3.8) is 0 Å². The van der Waals surface area contributed by atoms with Crippen LogP contribution in [0, 0.1) is 0 Å². The van der Waals surface area contributed by atoms with Gasteiger partial charge in [-0.05, 0) is 0 Å². The normalized spacial score (nSPS) is 8.83. The molecule has 5 nitrogen and oxygen atoms in total. The van der Waals surface area contributed by atoms with Gasteiger partial charge in [0.05, 0.1) is 13.7 Å². The van der Waals surface area contributed by atoms with Crippen molar-refractivity contribution >= 4 is 18.4 Å². The second-order valence-electron chi connectivity index (χ2n) is 1.82. The summed E-state index contributed by atoms with van der Waals surface area (Å²) in [5.41, 5.74) is 5.39. The van der Waals surface area contributed by atoms with Crippen molar-refractivity contribution in [3.8, 4) is 0 Å². The number of rotatable bonds is 2. The number of carbonyl (C=O) groups excluding carboxylic acids is 1. The molecule has 0 radical (unpaired) electrons. The summed E-state index contributed by atoms with van der Waals surface area (Å²) in [6.45, 7) is 0.143. The molecule has 0 bridgehead atoms. The zero-order valence-corrected chi connectivity index (χ0v) is 7.26. The Hall–Kier alpha value is -1.07. The van der Waals surface area contributed by atoms with Gasteiger partial charge in [-0.25, -0.2) is 9.78 Å². The van der Waals surface area contributed by atoms with Gasteiger partial charge in [-0.15, -0.1) is 12.4 Å². The zero-order valence-electron chi connectivity index (χ0n) is 6.44. The summed E-state index contributed by atoms with van der Waals surface area (Å²) in [4.78, 5) is 14.5. The molecule has 1 heterocycles. The van der Waals surface area contributed by atoms with Crippen LogP contribution in [-0.4, -0.2) is 18.1 Å². The van der Waals surface area contributed by atoms with Gasteiger partial charge in [-0.3, -0.25) is 0 Å². The van der Waals surface area contributed by atoms with E-state index in [2.05, 4.69) is 9.72 Å². The molecule has 6 heteroatoms. The maximum absolute atomic E-state index is 10.9. The monoisotopic (exact) mass is 192 g/mol. The number of methoxy groups -OCH3 is 1. The van der Waals surface area contributed by atoms with E-state index in [4.69, 9.17) is 10.2 Å². The Morgan fingerprint density at radius 3 is 3.00 bits per heavy atom. The van der Waals surface area contributed by atoms with Gasteiger partial charge >= 0.3 is 5.97 Å². The van der Waals surface area contributed by atoms with E-state index in [0.29, 0.717) is 5.76 Å². The molecule has 0 spiro atoms. The molecule has 0 aliphatic rings. The van der Waals surface area contributed by atoms with Gasteiger partial charge in [0.2, 0.25) is 0 Å². The number of nitrogens with two attached hydrogens (primary N) is 1. The molecular weight excluding hydrogens is 184 g/mol. The van der Waals surface area contributed by atoms with Gasteiger partial charge in [0.15, 0.2) is 17.8 Å². The van der Waals surface area contributed by atoms with Crippen molar-refractivity contribution in [2.45, 2.75) is 6.54 Å². The van der Waals surface area contributed by atoms with Crippen molar-refractivity contribution in [1.82, 2.24) is 4.98 Å².